The van der Waals surface area contributed by atoms with E-state index in [0.717, 1.165) is 32.1 Å². The highest BCUT2D eigenvalue weighted by molar-refractivity contribution is 5.90. The maximum atomic E-state index is 11.0. The Labute approximate surface area is 125 Å². The van der Waals surface area contributed by atoms with Crippen LogP contribution in [0.4, 0.5) is 0 Å². The van der Waals surface area contributed by atoms with E-state index in [1.807, 2.05) is 0 Å². The number of hydrogen-bond acceptors (Lipinski definition) is 4. The first-order valence-corrected chi connectivity index (χ1v) is 7.51. The first-order valence-electron chi connectivity index (χ1n) is 7.51. The minimum absolute atomic E-state index is 0.200. The van der Waals surface area contributed by atoms with Crippen LogP contribution < -0.4 is 10.1 Å². The van der Waals surface area contributed by atoms with Gasteiger partial charge in [-0.15, -0.1) is 0 Å². The summed E-state index contributed by atoms with van der Waals surface area (Å²) in [6.07, 6.45) is 3.64. The lowest BCUT2D eigenvalue weighted by molar-refractivity contribution is 0.0692. The van der Waals surface area contributed by atoms with E-state index >= 15 is 0 Å². The molecule has 0 aliphatic heterocycles. The molecule has 0 spiro atoms. The molecule has 2 N–H and O–H groups in total. The second kappa shape index (κ2) is 8.64. The third kappa shape index (κ3) is 6.14. The van der Waals surface area contributed by atoms with Crippen molar-refractivity contribution in [2.24, 2.45) is 5.92 Å². The Bertz CT molecular complexity index is 446. The number of benzene rings is 1. The highest BCUT2D eigenvalue weighted by Crippen LogP contribution is 2.28. The lowest BCUT2D eigenvalue weighted by Gasteiger charge is -2.09. The fraction of sp³-hybridized carbons (Fsp3) is 0.562. The summed E-state index contributed by atoms with van der Waals surface area (Å²) in [5, 5.41) is 12.3. The molecule has 0 atom stereocenters. The van der Waals surface area contributed by atoms with Crippen LogP contribution in [0.3, 0.4) is 0 Å². The maximum Gasteiger partial charge on any atom is 0.339 e. The zero-order valence-corrected chi connectivity index (χ0v) is 12.2. The molecule has 1 aromatic rings. The zero-order valence-electron chi connectivity index (χ0n) is 12.2. The van der Waals surface area contributed by atoms with Crippen LogP contribution in [0.25, 0.3) is 0 Å². The van der Waals surface area contributed by atoms with E-state index in [4.69, 9.17) is 14.6 Å². The van der Waals surface area contributed by atoms with Crippen LogP contribution in [-0.2, 0) is 4.74 Å². The van der Waals surface area contributed by atoms with Crippen molar-refractivity contribution in [2.45, 2.75) is 19.3 Å². The van der Waals surface area contributed by atoms with Crippen LogP contribution in [0.1, 0.15) is 29.6 Å². The lowest BCUT2D eigenvalue weighted by atomic mass is 10.2. The fourth-order valence-electron chi connectivity index (χ4n) is 1.96. The first-order chi connectivity index (χ1) is 10.3. The van der Waals surface area contributed by atoms with Gasteiger partial charge in [-0.3, -0.25) is 0 Å². The fourth-order valence-corrected chi connectivity index (χ4v) is 1.96. The number of aromatic carboxylic acids is 1. The maximum absolute atomic E-state index is 11.0. The molecule has 0 amide bonds. The van der Waals surface area contributed by atoms with Crippen molar-refractivity contribution in [3.05, 3.63) is 29.8 Å². The highest BCUT2D eigenvalue weighted by Gasteiger charge is 2.20. The monoisotopic (exact) mass is 293 g/mol. The average molecular weight is 293 g/mol. The van der Waals surface area contributed by atoms with Crippen LogP contribution >= 0.6 is 0 Å². The summed E-state index contributed by atoms with van der Waals surface area (Å²) in [7, 11) is 0. The van der Waals surface area contributed by atoms with Gasteiger partial charge in [-0.05, 0) is 43.9 Å². The average Bonchev–Trinajstić information content (AvgIpc) is 3.30. The molecule has 21 heavy (non-hydrogen) atoms. The molecule has 0 aromatic heterocycles. The second-order valence-electron chi connectivity index (χ2n) is 5.27. The molecule has 0 heterocycles. The predicted octanol–water partition coefficient (Wildman–Crippen LogP) is 2.17. The predicted molar refractivity (Wildman–Crippen MR) is 79.9 cm³/mol. The second-order valence-corrected chi connectivity index (χ2v) is 5.27. The third-order valence-electron chi connectivity index (χ3n) is 3.35. The van der Waals surface area contributed by atoms with Gasteiger partial charge in [-0.2, -0.15) is 0 Å². The van der Waals surface area contributed by atoms with Crippen LogP contribution in [0.2, 0.25) is 0 Å². The number of ether oxygens (including phenoxy) is 2. The van der Waals surface area contributed by atoms with Gasteiger partial charge in [0.1, 0.15) is 17.9 Å². The van der Waals surface area contributed by atoms with Crippen molar-refractivity contribution in [3.63, 3.8) is 0 Å². The van der Waals surface area contributed by atoms with Crippen molar-refractivity contribution in [3.8, 4) is 5.75 Å². The molecular formula is C16H23NO4. The van der Waals surface area contributed by atoms with E-state index in [2.05, 4.69) is 5.32 Å². The van der Waals surface area contributed by atoms with Gasteiger partial charge in [0.05, 0.1) is 0 Å². The molecule has 1 aliphatic carbocycles. The number of hydrogen-bond donors (Lipinski definition) is 2. The minimum atomic E-state index is -0.966. The van der Waals surface area contributed by atoms with Crippen molar-refractivity contribution >= 4 is 5.97 Å². The molecule has 0 bridgehead atoms. The Morgan fingerprint density at radius 3 is 2.81 bits per heavy atom. The van der Waals surface area contributed by atoms with E-state index in [1.165, 1.54) is 12.8 Å². The Hall–Kier alpha value is -1.59. The van der Waals surface area contributed by atoms with Gasteiger partial charge in [0.15, 0.2) is 0 Å². The topological polar surface area (TPSA) is 67.8 Å². The summed E-state index contributed by atoms with van der Waals surface area (Å²) >= 11 is 0. The molecule has 0 radical (unpaired) electrons. The van der Waals surface area contributed by atoms with E-state index in [-0.39, 0.29) is 5.56 Å². The molecular weight excluding hydrogens is 270 g/mol. The first kappa shape index (κ1) is 15.8. The summed E-state index contributed by atoms with van der Waals surface area (Å²) in [4.78, 5) is 11.0. The van der Waals surface area contributed by atoms with E-state index in [1.54, 1.807) is 24.3 Å². The van der Waals surface area contributed by atoms with Crippen LogP contribution in [0.15, 0.2) is 24.3 Å². The van der Waals surface area contributed by atoms with Gasteiger partial charge < -0.3 is 19.9 Å². The molecule has 1 fully saturated rings. The van der Waals surface area contributed by atoms with Gasteiger partial charge in [0.2, 0.25) is 0 Å². The SMILES string of the molecule is O=C(O)c1ccccc1OCCNCCCOCC1CC1. The Morgan fingerprint density at radius 2 is 2.05 bits per heavy atom. The van der Waals surface area contributed by atoms with Crippen molar-refractivity contribution < 1.29 is 19.4 Å². The highest BCUT2D eigenvalue weighted by atomic mass is 16.5. The zero-order chi connectivity index (χ0) is 14.9. The van der Waals surface area contributed by atoms with E-state index < -0.39 is 5.97 Å². The van der Waals surface area contributed by atoms with E-state index in [0.29, 0.717) is 18.9 Å². The molecule has 0 unspecified atom stereocenters. The molecule has 5 heteroatoms. The van der Waals surface area contributed by atoms with Gasteiger partial charge in [0, 0.05) is 19.8 Å². The Kier molecular flexibility index (Phi) is 6.50. The molecule has 1 aromatic carbocycles. The smallest absolute Gasteiger partial charge is 0.339 e. The van der Waals surface area contributed by atoms with Crippen molar-refractivity contribution in [1.82, 2.24) is 5.32 Å². The minimum Gasteiger partial charge on any atom is -0.491 e. The van der Waals surface area contributed by atoms with Crippen molar-refractivity contribution in [2.75, 3.05) is 32.9 Å². The number of carboxylic acid groups (broad SMARTS) is 1. The molecule has 1 aliphatic rings. The summed E-state index contributed by atoms with van der Waals surface area (Å²) in [5.74, 6) is 0.270. The number of nitrogens with one attached hydrogen (secondary N) is 1. The number of rotatable bonds is 11. The third-order valence-corrected chi connectivity index (χ3v) is 3.35. The van der Waals surface area contributed by atoms with Crippen molar-refractivity contribution in [1.29, 1.82) is 0 Å². The molecule has 2 rings (SSSR count). The summed E-state index contributed by atoms with van der Waals surface area (Å²) in [6.45, 7) is 3.74. The normalized spacial score (nSPS) is 14.1. The number of carbonyl (C=O) groups is 1. The molecule has 0 saturated heterocycles. The van der Waals surface area contributed by atoms with Gasteiger partial charge in [-0.1, -0.05) is 12.1 Å². The van der Waals surface area contributed by atoms with Gasteiger partial charge >= 0.3 is 5.97 Å². The van der Waals surface area contributed by atoms with Gasteiger partial charge in [0.25, 0.3) is 0 Å². The lowest BCUT2D eigenvalue weighted by Crippen LogP contribution is -2.23. The molecule has 5 nitrogen and oxygen atoms in total. The molecule has 1 saturated carbocycles. The van der Waals surface area contributed by atoms with Crippen LogP contribution in [0.5, 0.6) is 5.75 Å². The Balaban J connectivity index is 1.50. The Morgan fingerprint density at radius 1 is 1.24 bits per heavy atom. The molecule has 116 valence electrons. The van der Waals surface area contributed by atoms with Crippen LogP contribution in [0, 0.1) is 5.92 Å². The number of para-hydroxylation sites is 1. The number of carboxylic acids is 1. The summed E-state index contributed by atoms with van der Waals surface area (Å²) in [6, 6.07) is 6.68. The largest absolute Gasteiger partial charge is 0.491 e. The summed E-state index contributed by atoms with van der Waals surface area (Å²) < 4.78 is 11.0. The van der Waals surface area contributed by atoms with E-state index in [9.17, 15) is 4.79 Å². The standard InChI is InChI=1S/C16H23NO4/c18-16(19)14-4-1-2-5-15(14)21-11-9-17-8-3-10-20-12-13-6-7-13/h1-2,4-5,13,17H,3,6-12H2,(H,18,19). The van der Waals surface area contributed by atoms with Crippen LogP contribution in [-0.4, -0.2) is 44.0 Å². The summed E-state index contributed by atoms with van der Waals surface area (Å²) in [5.41, 5.74) is 0.200. The quantitative estimate of drug-likeness (QED) is 0.612. The van der Waals surface area contributed by atoms with Gasteiger partial charge in [-0.25, -0.2) is 4.79 Å².